The number of hydrogen-bond acceptors (Lipinski definition) is 4. The molecule has 0 aliphatic carbocycles. The van der Waals surface area contributed by atoms with Gasteiger partial charge < -0.3 is 15.1 Å². The molecule has 1 amide bonds. The van der Waals surface area contributed by atoms with Gasteiger partial charge in [0.1, 0.15) is 11.1 Å². The van der Waals surface area contributed by atoms with Crippen LogP contribution in [0.1, 0.15) is 30.6 Å². The molecular weight excluding hydrogens is 280 g/mol. The van der Waals surface area contributed by atoms with Crippen LogP contribution in [0.25, 0.3) is 11.0 Å². The topological polar surface area (TPSA) is 71.3 Å². The first-order chi connectivity index (χ1) is 10.6. The van der Waals surface area contributed by atoms with Crippen molar-refractivity contribution in [3.05, 3.63) is 46.3 Å². The molecule has 2 aromatic rings. The highest BCUT2D eigenvalue weighted by molar-refractivity contribution is 5.96. The molecule has 1 fully saturated rings. The summed E-state index contributed by atoms with van der Waals surface area (Å²) in [6.07, 6.45) is 1.00. The van der Waals surface area contributed by atoms with Crippen LogP contribution in [0, 0.1) is 5.92 Å². The molecule has 1 aliphatic heterocycles. The molecule has 5 nitrogen and oxygen atoms in total. The first-order valence-corrected chi connectivity index (χ1v) is 7.63. The van der Waals surface area contributed by atoms with Gasteiger partial charge >= 0.3 is 5.63 Å². The summed E-state index contributed by atoms with van der Waals surface area (Å²) >= 11 is 0. The van der Waals surface area contributed by atoms with Crippen molar-refractivity contribution in [2.75, 3.05) is 6.54 Å². The molecule has 0 radical (unpaired) electrons. The fourth-order valence-electron chi connectivity index (χ4n) is 3.05. The Bertz CT molecular complexity index is 743. The van der Waals surface area contributed by atoms with Gasteiger partial charge in [0.05, 0.1) is 0 Å². The lowest BCUT2D eigenvalue weighted by Crippen LogP contribution is -2.56. The second-order valence-corrected chi connectivity index (χ2v) is 5.99. The van der Waals surface area contributed by atoms with Crippen molar-refractivity contribution in [1.82, 2.24) is 10.6 Å². The van der Waals surface area contributed by atoms with Crippen LogP contribution in [0.15, 0.2) is 39.5 Å². The quantitative estimate of drug-likeness (QED) is 0.831. The highest BCUT2D eigenvalue weighted by atomic mass is 16.4. The summed E-state index contributed by atoms with van der Waals surface area (Å²) in [5.41, 5.74) is -0.0472. The van der Waals surface area contributed by atoms with Crippen molar-refractivity contribution in [3.8, 4) is 0 Å². The van der Waals surface area contributed by atoms with E-state index in [9.17, 15) is 9.59 Å². The van der Waals surface area contributed by atoms with E-state index in [-0.39, 0.29) is 23.6 Å². The largest absolute Gasteiger partial charge is 0.422 e. The fourth-order valence-corrected chi connectivity index (χ4v) is 3.05. The van der Waals surface area contributed by atoms with E-state index < -0.39 is 5.63 Å². The first kappa shape index (κ1) is 14.8. The van der Waals surface area contributed by atoms with E-state index in [1.165, 1.54) is 0 Å². The standard InChI is InChI=1S/C17H20N2O3/c1-10-7-8-18-11(2)15(10)19-16(20)13-9-12-5-3-4-6-14(12)22-17(13)21/h3-6,9-11,15,18H,7-8H2,1-2H3,(H,19,20). The van der Waals surface area contributed by atoms with E-state index in [1.54, 1.807) is 18.2 Å². The molecule has 1 saturated heterocycles. The summed E-state index contributed by atoms with van der Waals surface area (Å²) < 4.78 is 5.22. The summed E-state index contributed by atoms with van der Waals surface area (Å²) in [5.74, 6) is -0.000370. The van der Waals surface area contributed by atoms with Crippen LogP contribution in [-0.4, -0.2) is 24.5 Å². The minimum absolute atomic E-state index is 0.00659. The molecule has 1 aromatic heterocycles. The lowest BCUT2D eigenvalue weighted by molar-refractivity contribution is 0.0894. The Morgan fingerprint density at radius 1 is 1.32 bits per heavy atom. The molecule has 5 heteroatoms. The average molecular weight is 300 g/mol. The number of benzene rings is 1. The van der Waals surface area contributed by atoms with E-state index in [0.29, 0.717) is 11.5 Å². The Hall–Kier alpha value is -2.14. The van der Waals surface area contributed by atoms with Gasteiger partial charge in [-0.25, -0.2) is 4.79 Å². The Balaban J connectivity index is 1.88. The molecule has 0 saturated carbocycles. The third kappa shape index (κ3) is 2.76. The number of amides is 1. The Morgan fingerprint density at radius 2 is 2.09 bits per heavy atom. The molecule has 3 unspecified atom stereocenters. The predicted molar refractivity (Wildman–Crippen MR) is 85.0 cm³/mol. The van der Waals surface area contributed by atoms with Crippen LogP contribution in [0.2, 0.25) is 0 Å². The summed E-state index contributed by atoms with van der Waals surface area (Å²) in [6, 6.07) is 8.96. The van der Waals surface area contributed by atoms with Gasteiger partial charge in [0.2, 0.25) is 0 Å². The van der Waals surface area contributed by atoms with E-state index in [0.717, 1.165) is 18.4 Å². The number of nitrogens with one attached hydrogen (secondary N) is 2. The van der Waals surface area contributed by atoms with Gasteiger partial charge in [-0.15, -0.1) is 0 Å². The molecule has 3 atom stereocenters. The van der Waals surface area contributed by atoms with Gasteiger partial charge in [0.25, 0.3) is 5.91 Å². The van der Waals surface area contributed by atoms with Crippen LogP contribution in [0.5, 0.6) is 0 Å². The third-order valence-corrected chi connectivity index (χ3v) is 4.40. The van der Waals surface area contributed by atoms with Crippen molar-refractivity contribution in [2.24, 2.45) is 5.92 Å². The Kier molecular flexibility index (Phi) is 3.98. The predicted octanol–water partition coefficient (Wildman–Crippen LogP) is 1.91. The number of piperidine rings is 1. The zero-order chi connectivity index (χ0) is 15.7. The zero-order valence-electron chi connectivity index (χ0n) is 12.8. The van der Waals surface area contributed by atoms with Crippen molar-refractivity contribution < 1.29 is 9.21 Å². The lowest BCUT2D eigenvalue weighted by atomic mass is 9.89. The number of rotatable bonds is 2. The SMILES string of the molecule is CC1CCNC(C)C1NC(=O)c1cc2ccccc2oc1=O. The van der Waals surface area contributed by atoms with Crippen molar-refractivity contribution in [2.45, 2.75) is 32.4 Å². The van der Waals surface area contributed by atoms with Crippen LogP contribution in [-0.2, 0) is 0 Å². The normalized spacial score (nSPS) is 25.1. The molecule has 3 rings (SSSR count). The van der Waals surface area contributed by atoms with Crippen LogP contribution >= 0.6 is 0 Å². The molecule has 2 N–H and O–H groups in total. The van der Waals surface area contributed by atoms with Crippen LogP contribution in [0.3, 0.4) is 0 Å². The molecule has 0 spiro atoms. The molecule has 2 heterocycles. The van der Waals surface area contributed by atoms with E-state index in [2.05, 4.69) is 17.6 Å². The number of carbonyl (C=O) groups is 1. The van der Waals surface area contributed by atoms with E-state index in [1.807, 2.05) is 19.1 Å². The second-order valence-electron chi connectivity index (χ2n) is 5.99. The first-order valence-electron chi connectivity index (χ1n) is 7.63. The summed E-state index contributed by atoms with van der Waals surface area (Å²) in [4.78, 5) is 24.5. The monoisotopic (exact) mass is 300 g/mol. The fraction of sp³-hybridized carbons (Fsp3) is 0.412. The maximum atomic E-state index is 12.5. The van der Waals surface area contributed by atoms with Crippen molar-refractivity contribution >= 4 is 16.9 Å². The van der Waals surface area contributed by atoms with Gasteiger partial charge in [-0.3, -0.25) is 4.79 Å². The highest BCUT2D eigenvalue weighted by Gasteiger charge is 2.29. The van der Waals surface area contributed by atoms with Gasteiger partial charge in [-0.1, -0.05) is 25.1 Å². The smallest absolute Gasteiger partial charge is 0.349 e. The summed E-state index contributed by atoms with van der Waals surface area (Å²) in [7, 11) is 0. The summed E-state index contributed by atoms with van der Waals surface area (Å²) in [6.45, 7) is 5.11. The third-order valence-electron chi connectivity index (χ3n) is 4.40. The second kappa shape index (κ2) is 5.93. The molecule has 116 valence electrons. The van der Waals surface area contributed by atoms with Crippen LogP contribution < -0.4 is 16.3 Å². The van der Waals surface area contributed by atoms with Gasteiger partial charge in [0.15, 0.2) is 0 Å². The molecular formula is C17H20N2O3. The Labute approximate surface area is 128 Å². The number of para-hydroxylation sites is 1. The van der Waals surface area contributed by atoms with Gasteiger partial charge in [0, 0.05) is 17.5 Å². The van der Waals surface area contributed by atoms with Crippen LogP contribution in [0.4, 0.5) is 0 Å². The summed E-state index contributed by atoms with van der Waals surface area (Å²) in [5, 5.41) is 7.07. The Morgan fingerprint density at radius 3 is 2.86 bits per heavy atom. The van der Waals surface area contributed by atoms with Gasteiger partial charge in [-0.2, -0.15) is 0 Å². The molecule has 0 bridgehead atoms. The maximum absolute atomic E-state index is 12.5. The number of carbonyl (C=O) groups excluding carboxylic acids is 1. The maximum Gasteiger partial charge on any atom is 0.349 e. The molecule has 22 heavy (non-hydrogen) atoms. The molecule has 1 aliphatic rings. The highest BCUT2D eigenvalue weighted by Crippen LogP contribution is 2.17. The van der Waals surface area contributed by atoms with Crippen molar-refractivity contribution in [3.63, 3.8) is 0 Å². The zero-order valence-corrected chi connectivity index (χ0v) is 12.8. The lowest BCUT2D eigenvalue weighted by Gasteiger charge is -2.35. The van der Waals surface area contributed by atoms with E-state index in [4.69, 9.17) is 4.42 Å². The van der Waals surface area contributed by atoms with E-state index >= 15 is 0 Å². The number of hydrogen-bond donors (Lipinski definition) is 2. The van der Waals surface area contributed by atoms with Gasteiger partial charge in [-0.05, 0) is 37.9 Å². The minimum atomic E-state index is -0.597. The average Bonchev–Trinajstić information content (AvgIpc) is 2.50. The molecule has 1 aromatic carbocycles. The minimum Gasteiger partial charge on any atom is -0.422 e. The van der Waals surface area contributed by atoms with Crippen molar-refractivity contribution in [1.29, 1.82) is 0 Å². The number of fused-ring (bicyclic) bond motifs is 1.